The van der Waals surface area contributed by atoms with Crippen LogP contribution in [-0.2, 0) is 25.7 Å². The van der Waals surface area contributed by atoms with E-state index in [1.54, 1.807) is 0 Å². The van der Waals surface area contributed by atoms with Crippen LogP contribution in [0.4, 0.5) is 0 Å². The molecule has 0 radical (unpaired) electrons. The van der Waals surface area contributed by atoms with Gasteiger partial charge in [0.1, 0.15) is 6.54 Å². The lowest BCUT2D eigenvalue weighted by molar-refractivity contribution is -0.152. The SMILES string of the molecule is Cc1cc(C(=O)COC(=O)CN2C(=O)C3CCCCC3C2=O)c(C)n1CCC1=CCCCC1. The first kappa shape index (κ1) is 23.5. The van der Waals surface area contributed by atoms with Gasteiger partial charge in [-0.05, 0) is 64.9 Å². The zero-order valence-corrected chi connectivity index (χ0v) is 19.7. The number of nitrogens with zero attached hydrogens (tertiary/aromatic N) is 2. The highest BCUT2D eigenvalue weighted by atomic mass is 16.5. The van der Waals surface area contributed by atoms with Crippen LogP contribution in [0.25, 0.3) is 0 Å². The number of aryl methyl sites for hydroxylation is 1. The molecule has 0 aromatic carbocycles. The van der Waals surface area contributed by atoms with Crippen molar-refractivity contribution in [3.05, 3.63) is 34.7 Å². The van der Waals surface area contributed by atoms with Gasteiger partial charge in [0.05, 0.1) is 11.8 Å². The maximum atomic E-state index is 12.8. The summed E-state index contributed by atoms with van der Waals surface area (Å²) in [5.41, 5.74) is 3.92. The molecule has 2 atom stereocenters. The molecule has 7 heteroatoms. The average molecular weight is 455 g/mol. The van der Waals surface area contributed by atoms with E-state index in [1.807, 2.05) is 19.9 Å². The second-order valence-corrected chi connectivity index (χ2v) is 9.64. The molecule has 2 fully saturated rings. The molecule has 1 aliphatic heterocycles. The second kappa shape index (κ2) is 10.1. The first-order chi connectivity index (χ1) is 15.9. The number of esters is 1. The molecule has 0 spiro atoms. The number of fused-ring (bicyclic) bond motifs is 1. The third-order valence-corrected chi connectivity index (χ3v) is 7.50. The Labute approximate surface area is 195 Å². The molecule has 0 N–H and O–H groups in total. The van der Waals surface area contributed by atoms with E-state index in [0.29, 0.717) is 18.4 Å². The van der Waals surface area contributed by atoms with E-state index in [-0.39, 0.29) is 29.4 Å². The molecule has 33 heavy (non-hydrogen) atoms. The number of amides is 2. The predicted octanol–water partition coefficient (Wildman–Crippen LogP) is 3.90. The van der Waals surface area contributed by atoms with Crippen molar-refractivity contribution < 1.29 is 23.9 Å². The summed E-state index contributed by atoms with van der Waals surface area (Å²) in [5.74, 6) is -2.13. The predicted molar refractivity (Wildman–Crippen MR) is 123 cm³/mol. The van der Waals surface area contributed by atoms with Gasteiger partial charge in [-0.2, -0.15) is 0 Å². The molecular weight excluding hydrogens is 420 g/mol. The molecule has 2 aliphatic carbocycles. The van der Waals surface area contributed by atoms with E-state index < -0.39 is 19.1 Å². The van der Waals surface area contributed by atoms with Crippen LogP contribution in [0.3, 0.4) is 0 Å². The van der Waals surface area contributed by atoms with Crippen LogP contribution < -0.4 is 0 Å². The van der Waals surface area contributed by atoms with Gasteiger partial charge in [0.25, 0.3) is 0 Å². The summed E-state index contributed by atoms with van der Waals surface area (Å²) in [6.07, 6.45) is 11.4. The van der Waals surface area contributed by atoms with Crippen LogP contribution in [0.5, 0.6) is 0 Å². The molecule has 1 aromatic rings. The van der Waals surface area contributed by atoms with Crippen molar-refractivity contribution in [3.8, 4) is 0 Å². The van der Waals surface area contributed by atoms with Gasteiger partial charge >= 0.3 is 5.97 Å². The van der Waals surface area contributed by atoms with E-state index in [2.05, 4.69) is 10.6 Å². The van der Waals surface area contributed by atoms with Crippen LogP contribution in [0.2, 0.25) is 0 Å². The van der Waals surface area contributed by atoms with Gasteiger partial charge in [0.2, 0.25) is 17.6 Å². The number of hydrogen-bond donors (Lipinski definition) is 0. The normalized spacial score (nSPS) is 22.8. The van der Waals surface area contributed by atoms with Gasteiger partial charge < -0.3 is 9.30 Å². The fourth-order valence-electron chi connectivity index (χ4n) is 5.60. The Morgan fingerprint density at radius 1 is 1.03 bits per heavy atom. The highest BCUT2D eigenvalue weighted by molar-refractivity contribution is 6.07. The van der Waals surface area contributed by atoms with Crippen molar-refractivity contribution in [3.63, 3.8) is 0 Å². The number of rotatable bonds is 8. The Balaban J connectivity index is 1.31. The number of aromatic nitrogens is 1. The lowest BCUT2D eigenvalue weighted by atomic mass is 9.81. The summed E-state index contributed by atoms with van der Waals surface area (Å²) in [4.78, 5) is 51.2. The van der Waals surface area contributed by atoms with Crippen molar-refractivity contribution >= 4 is 23.6 Å². The van der Waals surface area contributed by atoms with E-state index >= 15 is 0 Å². The Kier molecular flexibility index (Phi) is 7.15. The monoisotopic (exact) mass is 454 g/mol. The minimum absolute atomic E-state index is 0.271. The van der Waals surface area contributed by atoms with Gasteiger partial charge in [-0.25, -0.2) is 0 Å². The number of carbonyl (C=O) groups is 4. The lowest BCUT2D eigenvalue weighted by Crippen LogP contribution is -2.37. The Morgan fingerprint density at radius 2 is 1.73 bits per heavy atom. The summed E-state index contributed by atoms with van der Waals surface area (Å²) < 4.78 is 7.32. The smallest absolute Gasteiger partial charge is 0.326 e. The van der Waals surface area contributed by atoms with Crippen molar-refractivity contribution in [1.82, 2.24) is 9.47 Å². The van der Waals surface area contributed by atoms with Crippen LogP contribution in [0.1, 0.15) is 79.5 Å². The molecule has 3 aliphatic rings. The number of Topliss-reactive ketones (excluding diaryl/α,β-unsaturated/α-hetero) is 1. The fraction of sp³-hybridized carbons (Fsp3) is 0.615. The van der Waals surface area contributed by atoms with E-state index in [9.17, 15) is 19.2 Å². The molecule has 0 bridgehead atoms. The molecule has 1 saturated heterocycles. The lowest BCUT2D eigenvalue weighted by Gasteiger charge is -2.19. The fourth-order valence-corrected chi connectivity index (χ4v) is 5.60. The second-order valence-electron chi connectivity index (χ2n) is 9.64. The molecule has 178 valence electrons. The number of carbonyl (C=O) groups excluding carboxylic acids is 4. The summed E-state index contributed by atoms with van der Waals surface area (Å²) in [7, 11) is 0. The van der Waals surface area contributed by atoms with Crippen molar-refractivity contribution in [2.45, 2.75) is 78.2 Å². The Bertz CT molecular complexity index is 965. The first-order valence-electron chi connectivity index (χ1n) is 12.3. The Hall–Kier alpha value is -2.70. The minimum atomic E-state index is -0.721. The molecule has 4 rings (SSSR count). The molecule has 2 amide bonds. The van der Waals surface area contributed by atoms with Gasteiger partial charge in [-0.15, -0.1) is 0 Å². The van der Waals surface area contributed by atoms with Crippen LogP contribution in [0, 0.1) is 25.7 Å². The van der Waals surface area contributed by atoms with Crippen molar-refractivity contribution in [2.24, 2.45) is 11.8 Å². The largest absolute Gasteiger partial charge is 0.456 e. The summed E-state index contributed by atoms with van der Waals surface area (Å²) in [5, 5.41) is 0. The number of allylic oxidation sites excluding steroid dienone is 2. The van der Waals surface area contributed by atoms with Gasteiger partial charge in [-0.1, -0.05) is 24.5 Å². The average Bonchev–Trinajstić information content (AvgIpc) is 3.24. The molecule has 1 aromatic heterocycles. The third-order valence-electron chi connectivity index (χ3n) is 7.50. The van der Waals surface area contributed by atoms with E-state index in [0.717, 1.165) is 54.9 Å². The highest BCUT2D eigenvalue weighted by Gasteiger charge is 2.48. The summed E-state index contributed by atoms with van der Waals surface area (Å²) in [6.45, 7) is 3.93. The topological polar surface area (TPSA) is 85.7 Å². The standard InChI is InChI=1S/C26H34N2O5/c1-17-14-22(18(2)27(17)13-12-19-8-4-3-5-9-19)23(29)16-33-24(30)15-28-25(31)20-10-6-7-11-21(20)26(28)32/h8,14,20-21H,3-7,9-13,15-16H2,1-2H3. The minimum Gasteiger partial charge on any atom is -0.456 e. The highest BCUT2D eigenvalue weighted by Crippen LogP contribution is 2.37. The number of ketones is 1. The number of imide groups is 1. The van der Waals surface area contributed by atoms with Gasteiger partial charge in [-0.3, -0.25) is 24.1 Å². The molecule has 1 saturated carbocycles. The van der Waals surface area contributed by atoms with Crippen molar-refractivity contribution in [2.75, 3.05) is 13.2 Å². The maximum absolute atomic E-state index is 12.8. The van der Waals surface area contributed by atoms with Gasteiger partial charge in [0, 0.05) is 23.5 Å². The Morgan fingerprint density at radius 3 is 2.36 bits per heavy atom. The molecule has 2 unspecified atom stereocenters. The molecule has 2 heterocycles. The van der Waals surface area contributed by atoms with E-state index in [4.69, 9.17) is 4.74 Å². The van der Waals surface area contributed by atoms with Crippen molar-refractivity contribution in [1.29, 1.82) is 0 Å². The number of hydrogen-bond acceptors (Lipinski definition) is 5. The number of likely N-dealkylation sites (tertiary alicyclic amines) is 1. The molecular formula is C26H34N2O5. The molecule has 7 nitrogen and oxygen atoms in total. The zero-order chi connectivity index (χ0) is 23.5. The van der Waals surface area contributed by atoms with Crippen LogP contribution in [-0.4, -0.2) is 46.2 Å². The number of ether oxygens (including phenoxy) is 1. The summed E-state index contributed by atoms with van der Waals surface area (Å²) in [6, 6.07) is 1.85. The maximum Gasteiger partial charge on any atom is 0.326 e. The summed E-state index contributed by atoms with van der Waals surface area (Å²) >= 11 is 0. The quantitative estimate of drug-likeness (QED) is 0.257. The van der Waals surface area contributed by atoms with E-state index in [1.165, 1.54) is 18.4 Å². The zero-order valence-electron chi connectivity index (χ0n) is 19.7. The third kappa shape index (κ3) is 4.97. The van der Waals surface area contributed by atoms with Gasteiger partial charge in [0.15, 0.2) is 6.61 Å². The van der Waals surface area contributed by atoms with Crippen LogP contribution >= 0.6 is 0 Å². The first-order valence-corrected chi connectivity index (χ1v) is 12.3. The van der Waals surface area contributed by atoms with Crippen LogP contribution in [0.15, 0.2) is 17.7 Å².